The minimum Gasteiger partial charge on any atom is -0.395 e. The van der Waals surface area contributed by atoms with Crippen LogP contribution in [0.15, 0.2) is 35.8 Å². The van der Waals surface area contributed by atoms with Crippen molar-refractivity contribution in [3.63, 3.8) is 0 Å². The first-order chi connectivity index (χ1) is 10.8. The molecule has 1 aliphatic carbocycles. The summed E-state index contributed by atoms with van der Waals surface area (Å²) in [6, 6.07) is 8.06. The zero-order chi connectivity index (χ0) is 15.4. The van der Waals surface area contributed by atoms with Crippen LogP contribution in [-0.2, 0) is 6.42 Å². The first-order valence-corrected chi connectivity index (χ1v) is 8.33. The maximum Gasteiger partial charge on any atom is 0.324 e. The van der Waals surface area contributed by atoms with E-state index in [0.717, 1.165) is 19.3 Å². The van der Waals surface area contributed by atoms with E-state index in [4.69, 9.17) is 0 Å². The van der Waals surface area contributed by atoms with E-state index in [1.807, 2.05) is 17.5 Å². The van der Waals surface area contributed by atoms with Crippen molar-refractivity contribution in [3.8, 4) is 0 Å². The van der Waals surface area contributed by atoms with Crippen LogP contribution < -0.4 is 5.32 Å². The lowest BCUT2D eigenvalue weighted by Gasteiger charge is -2.35. The van der Waals surface area contributed by atoms with Crippen LogP contribution in [-0.4, -0.2) is 34.2 Å². The number of fused-ring (bicyclic) bond motifs is 1. The molecule has 1 aromatic heterocycles. The van der Waals surface area contributed by atoms with Crippen molar-refractivity contribution in [1.82, 2.24) is 9.88 Å². The van der Waals surface area contributed by atoms with Gasteiger partial charge >= 0.3 is 6.03 Å². The van der Waals surface area contributed by atoms with E-state index in [2.05, 4.69) is 22.4 Å². The number of thiazole rings is 1. The predicted molar refractivity (Wildman–Crippen MR) is 87.0 cm³/mol. The first-order valence-electron chi connectivity index (χ1n) is 7.45. The van der Waals surface area contributed by atoms with Gasteiger partial charge in [0.1, 0.15) is 0 Å². The molecule has 0 saturated heterocycles. The number of aliphatic hydroxyl groups excluding tert-OH is 1. The van der Waals surface area contributed by atoms with Crippen LogP contribution in [0.4, 0.5) is 9.93 Å². The van der Waals surface area contributed by atoms with Crippen molar-refractivity contribution in [2.45, 2.75) is 25.3 Å². The summed E-state index contributed by atoms with van der Waals surface area (Å²) in [5.41, 5.74) is 2.49. The van der Waals surface area contributed by atoms with E-state index in [0.29, 0.717) is 11.7 Å². The summed E-state index contributed by atoms with van der Waals surface area (Å²) < 4.78 is 0. The molecule has 6 heteroatoms. The van der Waals surface area contributed by atoms with E-state index >= 15 is 0 Å². The number of aromatic nitrogens is 1. The Balaban J connectivity index is 1.83. The molecule has 2 aromatic rings. The van der Waals surface area contributed by atoms with Gasteiger partial charge in [-0.25, -0.2) is 9.78 Å². The Morgan fingerprint density at radius 2 is 2.32 bits per heavy atom. The molecule has 1 heterocycles. The van der Waals surface area contributed by atoms with Gasteiger partial charge < -0.3 is 10.0 Å². The lowest BCUT2D eigenvalue weighted by Crippen LogP contribution is -2.41. The zero-order valence-electron chi connectivity index (χ0n) is 12.2. The molecule has 1 aromatic carbocycles. The number of carbonyl (C=O) groups is 1. The molecule has 0 radical (unpaired) electrons. The van der Waals surface area contributed by atoms with Gasteiger partial charge in [0, 0.05) is 18.1 Å². The van der Waals surface area contributed by atoms with Crippen LogP contribution in [0.5, 0.6) is 0 Å². The lowest BCUT2D eigenvalue weighted by molar-refractivity contribution is 0.155. The summed E-state index contributed by atoms with van der Waals surface area (Å²) in [5, 5.41) is 14.6. The van der Waals surface area contributed by atoms with Gasteiger partial charge in [-0.3, -0.25) is 5.32 Å². The fourth-order valence-corrected chi connectivity index (χ4v) is 3.53. The normalized spacial score (nSPS) is 16.9. The van der Waals surface area contributed by atoms with Crippen LogP contribution in [0.1, 0.15) is 30.0 Å². The Kier molecular flexibility index (Phi) is 4.70. The average Bonchev–Trinajstić information content (AvgIpc) is 3.05. The van der Waals surface area contributed by atoms with Crippen LogP contribution >= 0.6 is 11.3 Å². The van der Waals surface area contributed by atoms with Gasteiger partial charge in [0.05, 0.1) is 12.6 Å². The third-order valence-corrected chi connectivity index (χ3v) is 4.65. The molecule has 1 atom stereocenters. The van der Waals surface area contributed by atoms with Crippen molar-refractivity contribution >= 4 is 22.5 Å². The molecule has 5 nitrogen and oxygen atoms in total. The maximum atomic E-state index is 12.6. The summed E-state index contributed by atoms with van der Waals surface area (Å²) in [6.07, 6.45) is 4.68. The molecule has 0 spiro atoms. The summed E-state index contributed by atoms with van der Waals surface area (Å²) in [7, 11) is 0. The maximum absolute atomic E-state index is 12.6. The van der Waals surface area contributed by atoms with E-state index < -0.39 is 0 Å². The molecule has 0 bridgehead atoms. The molecule has 1 aliphatic rings. The second-order valence-corrected chi connectivity index (χ2v) is 6.19. The van der Waals surface area contributed by atoms with E-state index in [-0.39, 0.29) is 18.7 Å². The van der Waals surface area contributed by atoms with E-state index in [1.165, 1.54) is 22.5 Å². The van der Waals surface area contributed by atoms with Crippen LogP contribution in [0.2, 0.25) is 0 Å². The van der Waals surface area contributed by atoms with Crippen LogP contribution in [0.25, 0.3) is 0 Å². The molecule has 0 fully saturated rings. The van der Waals surface area contributed by atoms with Gasteiger partial charge in [0.15, 0.2) is 5.13 Å². The molecule has 2 amide bonds. The quantitative estimate of drug-likeness (QED) is 0.911. The molecule has 3 rings (SSSR count). The molecule has 0 aliphatic heterocycles. The minimum atomic E-state index is -0.203. The lowest BCUT2D eigenvalue weighted by atomic mass is 9.87. The van der Waals surface area contributed by atoms with Gasteiger partial charge in [-0.2, -0.15) is 0 Å². The Bertz CT molecular complexity index is 630. The van der Waals surface area contributed by atoms with Crippen LogP contribution in [0, 0.1) is 0 Å². The fourth-order valence-electron chi connectivity index (χ4n) is 3.01. The number of carbonyl (C=O) groups excluding carboxylic acids is 1. The number of hydrogen-bond donors (Lipinski definition) is 2. The van der Waals surface area contributed by atoms with Gasteiger partial charge in [0.2, 0.25) is 0 Å². The smallest absolute Gasteiger partial charge is 0.324 e. The summed E-state index contributed by atoms with van der Waals surface area (Å²) in [5.74, 6) is 0. The molecule has 0 unspecified atom stereocenters. The number of aryl methyl sites for hydroxylation is 1. The van der Waals surface area contributed by atoms with E-state index in [1.54, 1.807) is 11.1 Å². The second-order valence-electron chi connectivity index (χ2n) is 5.29. The van der Waals surface area contributed by atoms with Gasteiger partial charge in [0.25, 0.3) is 0 Å². The number of anilines is 1. The molecule has 116 valence electrons. The Hall–Kier alpha value is -1.92. The topological polar surface area (TPSA) is 65.5 Å². The first kappa shape index (κ1) is 15.0. The highest BCUT2D eigenvalue weighted by atomic mass is 32.1. The summed E-state index contributed by atoms with van der Waals surface area (Å²) in [6.45, 7) is 0.264. The minimum absolute atomic E-state index is 0.0112. The summed E-state index contributed by atoms with van der Waals surface area (Å²) >= 11 is 1.39. The highest BCUT2D eigenvalue weighted by molar-refractivity contribution is 7.13. The fraction of sp³-hybridized carbons (Fsp3) is 0.375. The number of nitrogens with zero attached hydrogens (tertiary/aromatic N) is 2. The summed E-state index contributed by atoms with van der Waals surface area (Å²) in [4.78, 5) is 18.4. The van der Waals surface area contributed by atoms with Crippen molar-refractivity contribution in [2.24, 2.45) is 0 Å². The number of rotatable bonds is 4. The highest BCUT2D eigenvalue weighted by Crippen LogP contribution is 2.34. The number of urea groups is 1. The number of amides is 2. The Labute approximate surface area is 133 Å². The highest BCUT2D eigenvalue weighted by Gasteiger charge is 2.29. The van der Waals surface area contributed by atoms with Crippen molar-refractivity contribution in [1.29, 1.82) is 0 Å². The van der Waals surface area contributed by atoms with Gasteiger partial charge in [-0.1, -0.05) is 24.3 Å². The number of aliphatic hydroxyl groups is 1. The number of hydrogen-bond acceptors (Lipinski definition) is 4. The van der Waals surface area contributed by atoms with Gasteiger partial charge in [-0.15, -0.1) is 11.3 Å². The molecule has 22 heavy (non-hydrogen) atoms. The predicted octanol–water partition coefficient (Wildman–Crippen LogP) is 3.05. The second kappa shape index (κ2) is 6.89. The standard InChI is InChI=1S/C16H19N3O2S/c20-10-9-19(16(21)18-15-17-8-11-22-15)14-7-3-5-12-4-1-2-6-13(12)14/h1-2,4,6,8,11,14,20H,3,5,7,9-10H2,(H,17,18,21)/t14-/m0/s1. The third kappa shape index (κ3) is 3.13. The Morgan fingerprint density at radius 1 is 1.45 bits per heavy atom. The molecular weight excluding hydrogens is 298 g/mol. The van der Waals surface area contributed by atoms with Crippen molar-refractivity contribution in [3.05, 3.63) is 47.0 Å². The van der Waals surface area contributed by atoms with Crippen molar-refractivity contribution < 1.29 is 9.90 Å². The van der Waals surface area contributed by atoms with Gasteiger partial charge in [-0.05, 0) is 30.4 Å². The molecule has 0 saturated carbocycles. The van der Waals surface area contributed by atoms with Crippen molar-refractivity contribution in [2.75, 3.05) is 18.5 Å². The average molecular weight is 317 g/mol. The number of nitrogens with one attached hydrogen (secondary N) is 1. The van der Waals surface area contributed by atoms with E-state index in [9.17, 15) is 9.90 Å². The SMILES string of the molecule is O=C(Nc1nccs1)N(CCO)[C@H]1CCCc2ccccc21. The van der Waals surface area contributed by atoms with Crippen LogP contribution in [0.3, 0.4) is 0 Å². The Morgan fingerprint density at radius 3 is 3.09 bits per heavy atom. The largest absolute Gasteiger partial charge is 0.395 e. The molecule has 2 N–H and O–H groups in total. The monoisotopic (exact) mass is 317 g/mol. The third-order valence-electron chi connectivity index (χ3n) is 3.96. The zero-order valence-corrected chi connectivity index (χ0v) is 13.1. The number of benzene rings is 1. The molecular formula is C16H19N3O2S.